The Labute approximate surface area is 183 Å². The second-order valence-electron chi connectivity index (χ2n) is 6.67. The van der Waals surface area contributed by atoms with Crippen LogP contribution < -0.4 is 15.8 Å². The number of hydrogen-bond donors (Lipinski definition) is 3. The molecule has 0 saturated carbocycles. The highest BCUT2D eigenvalue weighted by atomic mass is 35.5. The lowest BCUT2D eigenvalue weighted by atomic mass is 10.1. The number of benzene rings is 3. The molecule has 0 bridgehead atoms. The zero-order chi connectivity index (χ0) is 22.8. The zero-order valence-corrected chi connectivity index (χ0v) is 17.8. The minimum absolute atomic E-state index is 0.0261. The van der Waals surface area contributed by atoms with E-state index in [0.29, 0.717) is 5.56 Å². The summed E-state index contributed by atoms with van der Waals surface area (Å²) in [5.74, 6) is -1.74. The molecule has 162 valence electrons. The number of carbonyl (C=O) groups is 1. The van der Waals surface area contributed by atoms with Gasteiger partial charge in [-0.1, -0.05) is 17.7 Å². The molecule has 0 unspecified atom stereocenters. The normalized spacial score (nSPS) is 11.3. The lowest BCUT2D eigenvalue weighted by Crippen LogP contribution is -2.17. The second-order valence-corrected chi connectivity index (χ2v) is 8.73. The minimum Gasteiger partial charge on any atom is -0.326 e. The van der Waals surface area contributed by atoms with Crippen LogP contribution in [0, 0.1) is 18.6 Å². The summed E-state index contributed by atoms with van der Waals surface area (Å²) in [5, 5.41) is 2.52. The smallest absolute Gasteiger partial charge is 0.262 e. The van der Waals surface area contributed by atoms with Gasteiger partial charge in [0.15, 0.2) is 0 Å². The van der Waals surface area contributed by atoms with Gasteiger partial charge in [-0.05, 0) is 66.6 Å². The van der Waals surface area contributed by atoms with E-state index in [1.165, 1.54) is 19.1 Å². The van der Waals surface area contributed by atoms with Gasteiger partial charge in [0.25, 0.3) is 15.9 Å². The van der Waals surface area contributed by atoms with Crippen molar-refractivity contribution in [3.63, 3.8) is 0 Å². The first-order valence-corrected chi connectivity index (χ1v) is 10.8. The predicted octanol–water partition coefficient (Wildman–Crippen LogP) is 4.44. The van der Waals surface area contributed by atoms with Crippen molar-refractivity contribution in [2.75, 3.05) is 10.0 Å². The van der Waals surface area contributed by atoms with Gasteiger partial charge in [-0.2, -0.15) is 0 Å². The summed E-state index contributed by atoms with van der Waals surface area (Å²) in [7, 11) is -4.05. The molecule has 0 heterocycles. The summed E-state index contributed by atoms with van der Waals surface area (Å²) >= 11 is 5.91. The van der Waals surface area contributed by atoms with Crippen LogP contribution in [0.25, 0.3) is 0 Å². The number of aryl methyl sites for hydroxylation is 1. The molecule has 0 radical (unpaired) electrons. The molecule has 0 saturated heterocycles. The SMILES string of the molecule is Cc1cc(F)ccc1S(=O)(=O)Nc1cc(NC(=O)c2ccc(F)cc2Cl)ccc1CN. The third-order valence-corrected chi connectivity index (χ3v) is 6.27. The summed E-state index contributed by atoms with van der Waals surface area (Å²) in [5.41, 5.74) is 6.88. The summed E-state index contributed by atoms with van der Waals surface area (Å²) in [6, 6.07) is 11.2. The monoisotopic (exact) mass is 465 g/mol. The van der Waals surface area contributed by atoms with Crippen molar-refractivity contribution in [3.8, 4) is 0 Å². The Morgan fingerprint density at radius 1 is 1.03 bits per heavy atom. The first-order chi connectivity index (χ1) is 14.6. The molecule has 1 amide bonds. The Kier molecular flexibility index (Phi) is 6.59. The Hall–Kier alpha value is -3.01. The minimum atomic E-state index is -4.05. The maximum absolute atomic E-state index is 13.3. The van der Waals surface area contributed by atoms with Crippen molar-refractivity contribution < 1.29 is 22.0 Å². The van der Waals surface area contributed by atoms with E-state index in [-0.39, 0.29) is 39.0 Å². The summed E-state index contributed by atoms with van der Waals surface area (Å²) in [6.45, 7) is 1.50. The van der Waals surface area contributed by atoms with Crippen LogP contribution in [0.2, 0.25) is 5.02 Å². The highest BCUT2D eigenvalue weighted by molar-refractivity contribution is 7.92. The fraction of sp³-hybridized carbons (Fsp3) is 0.0952. The van der Waals surface area contributed by atoms with Crippen molar-refractivity contribution in [2.45, 2.75) is 18.4 Å². The van der Waals surface area contributed by atoms with Gasteiger partial charge < -0.3 is 11.1 Å². The zero-order valence-electron chi connectivity index (χ0n) is 16.2. The fourth-order valence-corrected chi connectivity index (χ4v) is 4.49. The quantitative estimate of drug-likeness (QED) is 0.501. The van der Waals surface area contributed by atoms with Gasteiger partial charge in [0.2, 0.25) is 0 Å². The summed E-state index contributed by atoms with van der Waals surface area (Å²) in [4.78, 5) is 12.4. The van der Waals surface area contributed by atoms with Crippen molar-refractivity contribution in [1.82, 2.24) is 0 Å². The van der Waals surface area contributed by atoms with E-state index in [2.05, 4.69) is 10.0 Å². The number of anilines is 2. The number of halogens is 3. The molecule has 0 aliphatic carbocycles. The number of amides is 1. The van der Waals surface area contributed by atoms with Crippen molar-refractivity contribution in [1.29, 1.82) is 0 Å². The largest absolute Gasteiger partial charge is 0.326 e. The molecule has 10 heteroatoms. The Bertz CT molecular complexity index is 1270. The van der Waals surface area contributed by atoms with Crippen LogP contribution in [0.15, 0.2) is 59.5 Å². The summed E-state index contributed by atoms with van der Waals surface area (Å²) in [6.07, 6.45) is 0. The maximum atomic E-state index is 13.3. The van der Waals surface area contributed by atoms with Crippen LogP contribution in [0.1, 0.15) is 21.5 Å². The molecule has 4 N–H and O–H groups in total. The van der Waals surface area contributed by atoms with Crippen LogP contribution in [0.4, 0.5) is 20.2 Å². The van der Waals surface area contributed by atoms with E-state index in [1.54, 1.807) is 12.1 Å². The third kappa shape index (κ3) is 5.19. The topological polar surface area (TPSA) is 101 Å². The highest BCUT2D eigenvalue weighted by Gasteiger charge is 2.19. The molecule has 0 aliphatic heterocycles. The van der Waals surface area contributed by atoms with Gasteiger partial charge in [0.1, 0.15) is 11.6 Å². The van der Waals surface area contributed by atoms with Crippen molar-refractivity contribution in [3.05, 3.63) is 87.9 Å². The fourth-order valence-electron chi connectivity index (χ4n) is 2.91. The number of sulfonamides is 1. The van der Waals surface area contributed by atoms with Crippen LogP contribution in [-0.2, 0) is 16.6 Å². The number of nitrogens with one attached hydrogen (secondary N) is 2. The van der Waals surface area contributed by atoms with E-state index < -0.39 is 27.6 Å². The van der Waals surface area contributed by atoms with Gasteiger partial charge in [-0.15, -0.1) is 0 Å². The molecule has 0 aromatic heterocycles. The number of rotatable bonds is 6. The number of nitrogens with two attached hydrogens (primary N) is 1. The van der Waals surface area contributed by atoms with Crippen LogP contribution >= 0.6 is 11.6 Å². The molecule has 3 aromatic rings. The van der Waals surface area contributed by atoms with E-state index in [1.807, 2.05) is 0 Å². The lowest BCUT2D eigenvalue weighted by molar-refractivity contribution is 0.102. The predicted molar refractivity (Wildman–Crippen MR) is 116 cm³/mol. The number of carbonyl (C=O) groups excluding carboxylic acids is 1. The average Bonchev–Trinajstić information content (AvgIpc) is 2.67. The van der Waals surface area contributed by atoms with Gasteiger partial charge >= 0.3 is 0 Å². The molecular formula is C21H18ClF2N3O3S. The molecule has 0 aliphatic rings. The molecule has 0 fully saturated rings. The summed E-state index contributed by atoms with van der Waals surface area (Å²) < 4.78 is 54.6. The van der Waals surface area contributed by atoms with Crippen molar-refractivity contribution >= 4 is 38.9 Å². The van der Waals surface area contributed by atoms with E-state index >= 15 is 0 Å². The highest BCUT2D eigenvalue weighted by Crippen LogP contribution is 2.26. The van der Waals surface area contributed by atoms with Crippen molar-refractivity contribution in [2.24, 2.45) is 5.73 Å². The van der Waals surface area contributed by atoms with E-state index in [0.717, 1.165) is 30.3 Å². The average molecular weight is 466 g/mol. The molecule has 0 spiro atoms. The molecule has 31 heavy (non-hydrogen) atoms. The van der Waals surface area contributed by atoms with Crippen LogP contribution in [0.5, 0.6) is 0 Å². The Balaban J connectivity index is 1.91. The lowest BCUT2D eigenvalue weighted by Gasteiger charge is -2.15. The van der Waals surface area contributed by atoms with Gasteiger partial charge in [0.05, 0.1) is 21.2 Å². The third-order valence-electron chi connectivity index (χ3n) is 4.43. The number of hydrogen-bond acceptors (Lipinski definition) is 4. The van der Waals surface area contributed by atoms with Crippen LogP contribution in [-0.4, -0.2) is 14.3 Å². The molecular weight excluding hydrogens is 448 g/mol. The molecule has 6 nitrogen and oxygen atoms in total. The molecule has 0 atom stereocenters. The first-order valence-electron chi connectivity index (χ1n) is 8.99. The van der Waals surface area contributed by atoms with Gasteiger partial charge in [-0.3, -0.25) is 9.52 Å². The second kappa shape index (κ2) is 9.01. The van der Waals surface area contributed by atoms with Crippen LogP contribution in [0.3, 0.4) is 0 Å². The first kappa shape index (κ1) is 22.7. The Morgan fingerprint density at radius 2 is 1.71 bits per heavy atom. The van der Waals surface area contributed by atoms with Gasteiger partial charge in [0, 0.05) is 12.2 Å². The molecule has 3 rings (SSSR count). The van der Waals surface area contributed by atoms with E-state index in [9.17, 15) is 22.0 Å². The van der Waals surface area contributed by atoms with Gasteiger partial charge in [-0.25, -0.2) is 17.2 Å². The van der Waals surface area contributed by atoms with E-state index in [4.69, 9.17) is 17.3 Å². The Morgan fingerprint density at radius 3 is 2.35 bits per heavy atom. The molecule has 3 aromatic carbocycles. The standard InChI is InChI=1S/C21H18ClF2N3O3S/c1-12-8-14(23)4-7-20(12)31(29,30)27-19-10-16(5-2-13(19)11-25)26-21(28)17-6-3-15(24)9-18(17)22/h2-10,27H,11,25H2,1H3,(H,26,28). The maximum Gasteiger partial charge on any atom is 0.262 e.